The van der Waals surface area contributed by atoms with E-state index >= 15 is 0 Å². The second kappa shape index (κ2) is 6.93. The molecule has 0 aromatic heterocycles. The third-order valence-electron chi connectivity index (χ3n) is 3.54. The van der Waals surface area contributed by atoms with Crippen molar-refractivity contribution in [3.8, 4) is 0 Å². The highest BCUT2D eigenvalue weighted by Crippen LogP contribution is 2.26. The number of allylic oxidation sites excluding steroid dienone is 3. The lowest BCUT2D eigenvalue weighted by Gasteiger charge is -2.16. The molecule has 2 rings (SSSR count). The fraction of sp³-hybridized carbons (Fsp3) is 0.278. The summed E-state index contributed by atoms with van der Waals surface area (Å²) < 4.78 is 0. The van der Waals surface area contributed by atoms with Gasteiger partial charge in [-0.05, 0) is 36.5 Å². The predicted octanol–water partition coefficient (Wildman–Crippen LogP) is 3.30. The SMILES string of the molecule is CC(=O)C(=O)C/C=C1/CCCC(=Cc2ccccc2)C1=O. The Morgan fingerprint density at radius 1 is 1.10 bits per heavy atom. The van der Waals surface area contributed by atoms with E-state index in [0.29, 0.717) is 12.0 Å². The maximum Gasteiger partial charge on any atom is 0.201 e. The number of hydrogen-bond donors (Lipinski definition) is 0. The summed E-state index contributed by atoms with van der Waals surface area (Å²) in [5.74, 6) is -0.911. The van der Waals surface area contributed by atoms with Gasteiger partial charge in [0.25, 0.3) is 0 Å². The minimum Gasteiger partial charge on any atom is -0.291 e. The van der Waals surface area contributed by atoms with Crippen molar-refractivity contribution < 1.29 is 14.4 Å². The molecule has 1 aliphatic carbocycles. The Hall–Kier alpha value is -2.29. The summed E-state index contributed by atoms with van der Waals surface area (Å²) in [4.78, 5) is 34.7. The van der Waals surface area contributed by atoms with Crippen LogP contribution in [0.5, 0.6) is 0 Å². The minimum atomic E-state index is -0.463. The van der Waals surface area contributed by atoms with Crippen LogP contribution in [-0.2, 0) is 14.4 Å². The van der Waals surface area contributed by atoms with Crippen LogP contribution in [0.4, 0.5) is 0 Å². The van der Waals surface area contributed by atoms with Gasteiger partial charge in [0, 0.05) is 18.9 Å². The Bertz CT molecular complexity index is 621. The van der Waals surface area contributed by atoms with Crippen LogP contribution in [0.3, 0.4) is 0 Å². The third-order valence-corrected chi connectivity index (χ3v) is 3.54. The molecule has 3 heteroatoms. The summed E-state index contributed by atoms with van der Waals surface area (Å²) >= 11 is 0. The lowest BCUT2D eigenvalue weighted by atomic mass is 9.87. The maximum atomic E-state index is 12.4. The number of carbonyl (C=O) groups excluding carboxylic acids is 3. The fourth-order valence-corrected chi connectivity index (χ4v) is 2.35. The maximum absolute atomic E-state index is 12.4. The molecule has 1 aromatic rings. The molecule has 1 fully saturated rings. The normalized spacial score (nSPS) is 19.0. The van der Waals surface area contributed by atoms with Gasteiger partial charge in [-0.3, -0.25) is 14.4 Å². The molecular formula is C18H18O3. The van der Waals surface area contributed by atoms with Crippen molar-refractivity contribution in [1.82, 2.24) is 0 Å². The van der Waals surface area contributed by atoms with Gasteiger partial charge >= 0.3 is 0 Å². The Labute approximate surface area is 124 Å². The van der Waals surface area contributed by atoms with Crippen molar-refractivity contribution in [3.63, 3.8) is 0 Å². The smallest absolute Gasteiger partial charge is 0.201 e. The zero-order chi connectivity index (χ0) is 15.2. The fourth-order valence-electron chi connectivity index (χ4n) is 2.35. The highest BCUT2D eigenvalue weighted by molar-refractivity contribution is 6.36. The number of Topliss-reactive ketones (excluding diaryl/α,β-unsaturated/α-hetero) is 3. The van der Waals surface area contributed by atoms with E-state index in [1.807, 2.05) is 36.4 Å². The van der Waals surface area contributed by atoms with Crippen LogP contribution in [0.1, 0.15) is 38.2 Å². The van der Waals surface area contributed by atoms with E-state index in [4.69, 9.17) is 0 Å². The summed E-state index contributed by atoms with van der Waals surface area (Å²) in [6.45, 7) is 1.25. The van der Waals surface area contributed by atoms with Crippen molar-refractivity contribution in [1.29, 1.82) is 0 Å². The van der Waals surface area contributed by atoms with Crippen LogP contribution in [0, 0.1) is 0 Å². The van der Waals surface area contributed by atoms with Gasteiger partial charge in [-0.2, -0.15) is 0 Å². The topological polar surface area (TPSA) is 51.2 Å². The largest absolute Gasteiger partial charge is 0.291 e. The van der Waals surface area contributed by atoms with Crippen LogP contribution >= 0.6 is 0 Å². The molecule has 0 saturated heterocycles. The predicted molar refractivity (Wildman–Crippen MR) is 81.7 cm³/mol. The first-order chi connectivity index (χ1) is 10.1. The number of rotatable bonds is 4. The van der Waals surface area contributed by atoms with Gasteiger partial charge in [-0.1, -0.05) is 36.4 Å². The summed E-state index contributed by atoms with van der Waals surface area (Å²) in [5, 5.41) is 0. The minimum absolute atomic E-state index is 0.00135. The quantitative estimate of drug-likeness (QED) is 0.629. The molecule has 0 bridgehead atoms. The molecule has 1 aromatic carbocycles. The molecule has 0 aliphatic heterocycles. The highest BCUT2D eigenvalue weighted by atomic mass is 16.2. The third kappa shape index (κ3) is 4.09. The van der Waals surface area contributed by atoms with Gasteiger partial charge in [-0.15, -0.1) is 0 Å². The summed E-state index contributed by atoms with van der Waals surface area (Å²) in [7, 11) is 0. The summed E-state index contributed by atoms with van der Waals surface area (Å²) in [6.07, 6.45) is 5.87. The Balaban J connectivity index is 2.15. The average molecular weight is 282 g/mol. The molecule has 3 nitrogen and oxygen atoms in total. The van der Waals surface area contributed by atoms with E-state index in [9.17, 15) is 14.4 Å². The first kappa shape index (κ1) is 15.1. The molecule has 0 spiro atoms. The van der Waals surface area contributed by atoms with E-state index < -0.39 is 11.6 Å². The van der Waals surface area contributed by atoms with Crippen molar-refractivity contribution in [3.05, 3.63) is 53.1 Å². The number of benzene rings is 1. The van der Waals surface area contributed by atoms with Crippen LogP contribution in [0.15, 0.2) is 47.6 Å². The monoisotopic (exact) mass is 282 g/mol. The van der Waals surface area contributed by atoms with E-state index in [2.05, 4.69) is 0 Å². The van der Waals surface area contributed by atoms with Crippen molar-refractivity contribution >= 4 is 23.4 Å². The second-order valence-corrected chi connectivity index (χ2v) is 5.18. The molecule has 0 amide bonds. The highest BCUT2D eigenvalue weighted by Gasteiger charge is 2.20. The second-order valence-electron chi connectivity index (χ2n) is 5.18. The van der Waals surface area contributed by atoms with Crippen LogP contribution in [0.25, 0.3) is 6.08 Å². The van der Waals surface area contributed by atoms with E-state index in [-0.39, 0.29) is 12.2 Å². The molecule has 0 unspecified atom stereocenters. The van der Waals surface area contributed by atoms with Crippen LogP contribution in [-0.4, -0.2) is 17.3 Å². The summed E-state index contributed by atoms with van der Waals surface area (Å²) in [6, 6.07) is 9.71. The molecule has 0 heterocycles. The van der Waals surface area contributed by atoms with Gasteiger partial charge in [0.1, 0.15) is 0 Å². The average Bonchev–Trinajstić information content (AvgIpc) is 2.48. The molecule has 0 atom stereocenters. The first-order valence-corrected chi connectivity index (χ1v) is 7.11. The van der Waals surface area contributed by atoms with E-state index in [0.717, 1.165) is 24.0 Å². The molecule has 108 valence electrons. The van der Waals surface area contributed by atoms with Gasteiger partial charge < -0.3 is 0 Å². The molecular weight excluding hydrogens is 264 g/mol. The van der Waals surface area contributed by atoms with E-state index in [1.54, 1.807) is 6.08 Å². The number of hydrogen-bond acceptors (Lipinski definition) is 3. The van der Waals surface area contributed by atoms with Crippen molar-refractivity contribution in [2.24, 2.45) is 0 Å². The van der Waals surface area contributed by atoms with Crippen molar-refractivity contribution in [2.75, 3.05) is 0 Å². The Morgan fingerprint density at radius 2 is 1.76 bits per heavy atom. The van der Waals surface area contributed by atoms with Gasteiger partial charge in [0.15, 0.2) is 11.6 Å². The zero-order valence-corrected chi connectivity index (χ0v) is 12.1. The molecule has 21 heavy (non-hydrogen) atoms. The van der Waals surface area contributed by atoms with Crippen LogP contribution < -0.4 is 0 Å². The van der Waals surface area contributed by atoms with Crippen LogP contribution in [0.2, 0.25) is 0 Å². The molecule has 1 saturated carbocycles. The first-order valence-electron chi connectivity index (χ1n) is 7.11. The number of ketones is 3. The number of carbonyl (C=O) groups is 3. The standard InChI is InChI=1S/C18H18O3/c1-13(19)17(20)11-10-15-8-5-9-16(18(15)21)12-14-6-3-2-4-7-14/h2-4,6-7,10,12H,5,8-9,11H2,1H3/b15-10-,16-12?. The molecule has 1 aliphatic rings. The van der Waals surface area contributed by atoms with Crippen molar-refractivity contribution in [2.45, 2.75) is 32.6 Å². The van der Waals surface area contributed by atoms with Gasteiger partial charge in [0.2, 0.25) is 5.78 Å². The lowest BCUT2D eigenvalue weighted by Crippen LogP contribution is -2.14. The summed E-state index contributed by atoms with van der Waals surface area (Å²) in [5.41, 5.74) is 2.42. The van der Waals surface area contributed by atoms with Gasteiger partial charge in [0.05, 0.1) is 0 Å². The van der Waals surface area contributed by atoms with E-state index in [1.165, 1.54) is 6.92 Å². The van der Waals surface area contributed by atoms with Gasteiger partial charge in [-0.25, -0.2) is 0 Å². The molecule has 0 radical (unpaired) electrons. The lowest BCUT2D eigenvalue weighted by molar-refractivity contribution is -0.134. The Morgan fingerprint density at radius 3 is 2.43 bits per heavy atom. The Kier molecular flexibility index (Phi) is 4.99. The molecule has 0 N–H and O–H groups in total. The zero-order valence-electron chi connectivity index (χ0n) is 12.1.